The number of fused-ring (bicyclic) bond motifs is 12. The van der Waals surface area contributed by atoms with Gasteiger partial charge in [-0.15, -0.1) is 0 Å². The van der Waals surface area contributed by atoms with Crippen molar-refractivity contribution >= 4 is 65.3 Å². The number of aromatic nitrogens is 4. The number of hydrogen-bond donors (Lipinski definition) is 0. The van der Waals surface area contributed by atoms with Gasteiger partial charge in [0.1, 0.15) is 0 Å². The second kappa shape index (κ2) is 12.6. The van der Waals surface area contributed by atoms with Gasteiger partial charge in [-0.3, -0.25) is 4.57 Å². The third-order valence-electron chi connectivity index (χ3n) is 13.3. The quantitative estimate of drug-likeness (QED) is 0.178. The van der Waals surface area contributed by atoms with E-state index in [1.165, 1.54) is 76.7 Å². The van der Waals surface area contributed by atoms with Crippen LogP contribution in [0.4, 0.5) is 0 Å². The number of nitrogens with zero attached hydrogens (tertiary/aromatic N) is 4. The first-order valence-electron chi connectivity index (χ1n) is 21.1. The summed E-state index contributed by atoms with van der Waals surface area (Å²) < 4.78 is 4.65. The Morgan fingerprint density at radius 1 is 0.393 bits per heavy atom. The third kappa shape index (κ3) is 4.87. The van der Waals surface area contributed by atoms with Crippen molar-refractivity contribution in [3.8, 4) is 45.1 Å². The van der Waals surface area contributed by atoms with Crippen molar-refractivity contribution in [2.45, 2.75) is 19.3 Å². The zero-order valence-corrected chi connectivity index (χ0v) is 33.8. The minimum Gasteiger partial charge on any atom is -0.309 e. The molecule has 0 bridgehead atoms. The molecule has 0 unspecified atom stereocenters. The summed E-state index contributed by atoms with van der Waals surface area (Å²) in [4.78, 5) is 10.8. The van der Waals surface area contributed by atoms with Crippen LogP contribution in [0.2, 0.25) is 0 Å². The summed E-state index contributed by atoms with van der Waals surface area (Å²) in [7, 11) is 0. The summed E-state index contributed by atoms with van der Waals surface area (Å²) in [5.74, 6) is 0.668. The molecule has 4 heteroatoms. The number of benzene rings is 9. The summed E-state index contributed by atoms with van der Waals surface area (Å²) in [6.45, 7) is 4.67. The molecule has 12 aromatic rings. The molecule has 4 nitrogen and oxygen atoms in total. The van der Waals surface area contributed by atoms with Crippen LogP contribution < -0.4 is 0 Å². The molecule has 3 heterocycles. The molecule has 0 atom stereocenters. The lowest BCUT2D eigenvalue weighted by Crippen LogP contribution is -2.15. The average Bonchev–Trinajstić information content (AvgIpc) is 3.91. The summed E-state index contributed by atoms with van der Waals surface area (Å²) in [5.41, 5.74) is 16.3. The molecule has 3 aromatic heterocycles. The maximum atomic E-state index is 5.49. The van der Waals surface area contributed by atoms with Crippen molar-refractivity contribution < 1.29 is 0 Å². The van der Waals surface area contributed by atoms with Crippen molar-refractivity contribution in [2.75, 3.05) is 0 Å². The second-order valence-corrected chi connectivity index (χ2v) is 17.0. The second-order valence-electron chi connectivity index (χ2n) is 17.0. The van der Waals surface area contributed by atoms with E-state index >= 15 is 0 Å². The minimum atomic E-state index is -0.115. The largest absolute Gasteiger partial charge is 0.309 e. The minimum absolute atomic E-state index is 0.115. The van der Waals surface area contributed by atoms with E-state index in [1.54, 1.807) is 0 Å². The van der Waals surface area contributed by atoms with E-state index in [1.807, 2.05) is 0 Å². The van der Waals surface area contributed by atoms with Crippen LogP contribution in [-0.4, -0.2) is 19.1 Å². The Morgan fingerprint density at radius 3 is 1.89 bits per heavy atom. The molecule has 1 aliphatic carbocycles. The Kier molecular flexibility index (Phi) is 7.04. The maximum Gasteiger partial charge on any atom is 0.235 e. The van der Waals surface area contributed by atoms with Crippen LogP contribution in [0.3, 0.4) is 0 Å². The van der Waals surface area contributed by atoms with Crippen molar-refractivity contribution in [1.82, 2.24) is 19.1 Å². The van der Waals surface area contributed by atoms with Gasteiger partial charge in [-0.05, 0) is 98.8 Å². The lowest BCUT2D eigenvalue weighted by molar-refractivity contribution is 0.660. The normalized spacial score (nSPS) is 13.2. The highest BCUT2D eigenvalue weighted by molar-refractivity contribution is 6.21. The van der Waals surface area contributed by atoms with E-state index in [4.69, 9.17) is 9.97 Å². The molecule has 286 valence electrons. The molecule has 0 radical (unpaired) electrons. The van der Waals surface area contributed by atoms with Gasteiger partial charge in [0.2, 0.25) is 5.95 Å². The van der Waals surface area contributed by atoms with Crippen molar-refractivity contribution in [3.05, 3.63) is 205 Å². The van der Waals surface area contributed by atoms with Gasteiger partial charge in [-0.2, -0.15) is 0 Å². The Hall–Kier alpha value is -7.82. The topological polar surface area (TPSA) is 35.6 Å². The van der Waals surface area contributed by atoms with Gasteiger partial charge >= 0.3 is 0 Å². The van der Waals surface area contributed by atoms with E-state index in [0.29, 0.717) is 5.95 Å². The van der Waals surface area contributed by atoms with Gasteiger partial charge in [0, 0.05) is 43.6 Å². The standard InChI is InChI=1S/C57H38N4/c1-57(2)47-20-10-6-16-41(47)42-29-26-38(33-48(42)57)55-45-18-7-11-21-49(45)58-56(59-55)61-51-23-13-9-19-46(51)54-40-28-24-35(32-37(40)27-31-52(54)61)36-25-30-44-43-17-8-12-22-50(43)60(53(44)34-36)39-14-4-3-5-15-39/h3-34H,1-2H3. The Bertz CT molecular complexity index is 3790. The monoisotopic (exact) mass is 778 g/mol. The molecular formula is C57H38N4. The van der Waals surface area contributed by atoms with E-state index < -0.39 is 0 Å². The zero-order valence-electron chi connectivity index (χ0n) is 33.8. The molecule has 0 saturated heterocycles. The van der Waals surface area contributed by atoms with Crippen molar-refractivity contribution in [1.29, 1.82) is 0 Å². The lowest BCUT2D eigenvalue weighted by atomic mass is 9.82. The van der Waals surface area contributed by atoms with Gasteiger partial charge < -0.3 is 4.57 Å². The van der Waals surface area contributed by atoms with Crippen LogP contribution in [0.1, 0.15) is 25.0 Å². The molecule has 9 aromatic carbocycles. The predicted molar refractivity (Wildman–Crippen MR) is 254 cm³/mol. The van der Waals surface area contributed by atoms with Crippen LogP contribution >= 0.6 is 0 Å². The van der Waals surface area contributed by atoms with Crippen LogP contribution in [0.15, 0.2) is 194 Å². The smallest absolute Gasteiger partial charge is 0.235 e. The third-order valence-corrected chi connectivity index (χ3v) is 13.3. The van der Waals surface area contributed by atoms with E-state index in [-0.39, 0.29) is 5.41 Å². The first kappa shape index (κ1) is 34.1. The molecule has 0 amide bonds. The summed E-state index contributed by atoms with van der Waals surface area (Å²) >= 11 is 0. The van der Waals surface area contributed by atoms with Crippen LogP contribution in [0.5, 0.6) is 0 Å². The Balaban J connectivity index is 0.981. The molecular weight excluding hydrogens is 741 g/mol. The molecule has 0 spiro atoms. The van der Waals surface area contributed by atoms with Gasteiger partial charge in [0.15, 0.2) is 0 Å². The number of para-hydroxylation sites is 4. The fourth-order valence-corrected chi connectivity index (χ4v) is 10.4. The van der Waals surface area contributed by atoms with Crippen LogP contribution in [-0.2, 0) is 5.41 Å². The molecule has 0 saturated carbocycles. The Morgan fingerprint density at radius 2 is 1.03 bits per heavy atom. The zero-order chi connectivity index (χ0) is 40.4. The summed E-state index contributed by atoms with van der Waals surface area (Å²) in [5, 5.41) is 8.34. The van der Waals surface area contributed by atoms with Gasteiger partial charge in [-0.25, -0.2) is 9.97 Å². The van der Waals surface area contributed by atoms with Crippen LogP contribution in [0, 0.1) is 0 Å². The lowest BCUT2D eigenvalue weighted by Gasteiger charge is -2.22. The van der Waals surface area contributed by atoms with E-state index in [2.05, 4.69) is 217 Å². The molecule has 61 heavy (non-hydrogen) atoms. The maximum absolute atomic E-state index is 5.49. The highest BCUT2D eigenvalue weighted by atomic mass is 15.2. The molecule has 13 rings (SSSR count). The Labute approximate surface area is 352 Å². The molecule has 0 N–H and O–H groups in total. The predicted octanol–water partition coefficient (Wildman–Crippen LogP) is 14.6. The van der Waals surface area contributed by atoms with Gasteiger partial charge in [-0.1, -0.05) is 153 Å². The first-order chi connectivity index (χ1) is 30.0. The summed E-state index contributed by atoms with van der Waals surface area (Å²) in [6.07, 6.45) is 0. The SMILES string of the molecule is CC1(C)c2ccccc2-c2ccc(-c3nc(-n4c5ccccc5c5c6ccc(-c7ccc8c9ccccc9n(-c9ccccc9)c8c7)cc6ccc54)nc4ccccc34)cc21. The fourth-order valence-electron chi connectivity index (χ4n) is 10.4. The number of hydrogen-bond acceptors (Lipinski definition) is 2. The van der Waals surface area contributed by atoms with E-state index in [9.17, 15) is 0 Å². The molecule has 0 fully saturated rings. The van der Waals surface area contributed by atoms with Crippen molar-refractivity contribution in [2.24, 2.45) is 0 Å². The summed E-state index contributed by atoms with van der Waals surface area (Å²) in [6, 6.07) is 70.5. The highest BCUT2D eigenvalue weighted by Gasteiger charge is 2.35. The average molecular weight is 779 g/mol. The van der Waals surface area contributed by atoms with Gasteiger partial charge in [0.25, 0.3) is 0 Å². The molecule has 1 aliphatic rings. The number of rotatable bonds is 4. The highest BCUT2D eigenvalue weighted by Crippen LogP contribution is 2.50. The first-order valence-corrected chi connectivity index (χ1v) is 21.1. The van der Waals surface area contributed by atoms with Crippen LogP contribution in [0.25, 0.3) is 110 Å². The fraction of sp³-hybridized carbons (Fsp3) is 0.0526. The van der Waals surface area contributed by atoms with E-state index in [0.717, 1.165) is 38.9 Å². The van der Waals surface area contributed by atoms with Crippen molar-refractivity contribution in [3.63, 3.8) is 0 Å². The molecule has 0 aliphatic heterocycles. The van der Waals surface area contributed by atoms with Gasteiger partial charge in [0.05, 0.1) is 33.3 Å².